The Kier molecular flexibility index (Phi) is 5.50. The van der Waals surface area contributed by atoms with Gasteiger partial charge in [-0.25, -0.2) is 0 Å². The molecule has 0 bridgehead atoms. The average Bonchev–Trinajstić information content (AvgIpc) is 3.27. The molecular formula is C20H36O2. The van der Waals surface area contributed by atoms with Crippen LogP contribution in [0.15, 0.2) is 0 Å². The molecule has 128 valence electrons. The van der Waals surface area contributed by atoms with Crippen LogP contribution in [0.2, 0.25) is 0 Å². The second kappa shape index (κ2) is 7.21. The van der Waals surface area contributed by atoms with E-state index >= 15 is 0 Å². The van der Waals surface area contributed by atoms with Gasteiger partial charge in [0, 0.05) is 6.42 Å². The van der Waals surface area contributed by atoms with Gasteiger partial charge in [0.2, 0.25) is 0 Å². The smallest absolute Gasteiger partial charge is 0.0867 e. The lowest BCUT2D eigenvalue weighted by molar-refractivity contribution is 0.317. The van der Waals surface area contributed by atoms with Crippen LogP contribution in [-0.2, 0) is 9.47 Å². The van der Waals surface area contributed by atoms with E-state index in [0.717, 1.165) is 5.92 Å². The summed E-state index contributed by atoms with van der Waals surface area (Å²) in [5.74, 6) is 1.00. The Morgan fingerprint density at radius 1 is 0.727 bits per heavy atom. The van der Waals surface area contributed by atoms with Crippen LogP contribution in [-0.4, -0.2) is 24.4 Å². The molecule has 3 fully saturated rings. The molecule has 0 aromatic heterocycles. The largest absolute Gasteiger partial charge is 0.369 e. The molecule has 2 nitrogen and oxygen atoms in total. The maximum absolute atomic E-state index is 5.83. The van der Waals surface area contributed by atoms with Crippen LogP contribution in [0.5, 0.6) is 0 Å². The molecule has 2 heteroatoms. The first kappa shape index (κ1) is 16.8. The Labute approximate surface area is 137 Å². The normalized spacial score (nSPS) is 34.0. The van der Waals surface area contributed by atoms with Gasteiger partial charge in [-0.2, -0.15) is 0 Å². The standard InChI is InChI=1S/C20H36O2/c1-20(2,3)12-8-6-4-5-7-9-16-18(21-16)14-19-17(22-19)13-15-10-11-15/h15-19H,4-14H2,1-3H3. The molecule has 2 aliphatic heterocycles. The molecule has 4 atom stereocenters. The maximum Gasteiger partial charge on any atom is 0.0867 e. The lowest BCUT2D eigenvalue weighted by Crippen LogP contribution is -2.04. The van der Waals surface area contributed by atoms with Gasteiger partial charge < -0.3 is 9.47 Å². The van der Waals surface area contributed by atoms with E-state index in [1.54, 1.807) is 0 Å². The molecule has 0 amide bonds. The van der Waals surface area contributed by atoms with Gasteiger partial charge in [-0.15, -0.1) is 0 Å². The van der Waals surface area contributed by atoms with E-state index < -0.39 is 0 Å². The van der Waals surface area contributed by atoms with E-state index in [9.17, 15) is 0 Å². The molecule has 1 saturated carbocycles. The summed E-state index contributed by atoms with van der Waals surface area (Å²) in [7, 11) is 0. The first-order chi connectivity index (χ1) is 10.5. The highest BCUT2D eigenvalue weighted by atomic mass is 16.6. The van der Waals surface area contributed by atoms with Crippen molar-refractivity contribution in [3.63, 3.8) is 0 Å². The van der Waals surface area contributed by atoms with Gasteiger partial charge in [0.05, 0.1) is 24.4 Å². The van der Waals surface area contributed by atoms with E-state index in [-0.39, 0.29) is 0 Å². The number of ether oxygens (including phenoxy) is 2. The second-order valence-corrected chi connectivity index (χ2v) is 9.21. The highest BCUT2D eigenvalue weighted by Gasteiger charge is 2.48. The number of hydrogen-bond donors (Lipinski definition) is 0. The molecule has 0 aromatic rings. The summed E-state index contributed by atoms with van der Waals surface area (Å²) < 4.78 is 11.6. The minimum absolute atomic E-state index is 0.511. The van der Waals surface area contributed by atoms with Crippen LogP contribution in [0, 0.1) is 11.3 Å². The predicted molar refractivity (Wildman–Crippen MR) is 91.1 cm³/mol. The van der Waals surface area contributed by atoms with Crippen LogP contribution in [0.4, 0.5) is 0 Å². The number of epoxide rings is 2. The molecule has 0 radical (unpaired) electrons. The number of unbranched alkanes of at least 4 members (excludes halogenated alkanes) is 4. The van der Waals surface area contributed by atoms with Crippen molar-refractivity contribution in [1.82, 2.24) is 0 Å². The fraction of sp³-hybridized carbons (Fsp3) is 1.00. The molecule has 22 heavy (non-hydrogen) atoms. The van der Waals surface area contributed by atoms with Crippen molar-refractivity contribution < 1.29 is 9.47 Å². The van der Waals surface area contributed by atoms with E-state index in [1.807, 2.05) is 0 Å². The molecule has 3 rings (SSSR count). The molecule has 0 spiro atoms. The van der Waals surface area contributed by atoms with Crippen molar-refractivity contribution in [2.45, 2.75) is 116 Å². The summed E-state index contributed by atoms with van der Waals surface area (Å²) >= 11 is 0. The Morgan fingerprint density at radius 2 is 1.32 bits per heavy atom. The van der Waals surface area contributed by atoms with Gasteiger partial charge in [-0.3, -0.25) is 0 Å². The highest BCUT2D eigenvalue weighted by molar-refractivity contribution is 4.96. The highest BCUT2D eigenvalue weighted by Crippen LogP contribution is 2.43. The molecule has 2 saturated heterocycles. The summed E-state index contributed by atoms with van der Waals surface area (Å²) in [6.07, 6.45) is 17.3. The first-order valence-electron chi connectivity index (χ1n) is 9.82. The third kappa shape index (κ3) is 6.20. The molecule has 3 aliphatic rings. The van der Waals surface area contributed by atoms with Crippen LogP contribution < -0.4 is 0 Å². The SMILES string of the molecule is CC(C)(C)CCCCCCCC1OC1CC1OC1CC1CC1. The summed E-state index contributed by atoms with van der Waals surface area (Å²) in [6, 6.07) is 0. The Balaban J connectivity index is 1.11. The van der Waals surface area contributed by atoms with Crippen molar-refractivity contribution in [3.8, 4) is 0 Å². The molecule has 0 aromatic carbocycles. The van der Waals surface area contributed by atoms with E-state index in [1.165, 1.54) is 70.6 Å². The zero-order valence-electron chi connectivity index (χ0n) is 15.0. The predicted octanol–water partition coefficient (Wildman–Crippen LogP) is 5.49. The first-order valence-corrected chi connectivity index (χ1v) is 9.82. The van der Waals surface area contributed by atoms with Crippen molar-refractivity contribution in [2.75, 3.05) is 0 Å². The van der Waals surface area contributed by atoms with E-state index in [2.05, 4.69) is 20.8 Å². The molecule has 1 aliphatic carbocycles. The molecular weight excluding hydrogens is 272 g/mol. The van der Waals surface area contributed by atoms with Gasteiger partial charge in [0.25, 0.3) is 0 Å². The fourth-order valence-corrected chi connectivity index (χ4v) is 3.68. The zero-order chi connectivity index (χ0) is 15.6. The molecule has 0 N–H and O–H groups in total. The third-order valence-electron chi connectivity index (χ3n) is 5.52. The van der Waals surface area contributed by atoms with E-state index in [4.69, 9.17) is 9.47 Å². The van der Waals surface area contributed by atoms with Crippen molar-refractivity contribution in [3.05, 3.63) is 0 Å². The summed E-state index contributed by atoms with van der Waals surface area (Å²) in [5, 5.41) is 0. The van der Waals surface area contributed by atoms with Gasteiger partial charge in [0.15, 0.2) is 0 Å². The second-order valence-electron chi connectivity index (χ2n) is 9.21. The molecule has 4 unspecified atom stereocenters. The summed E-state index contributed by atoms with van der Waals surface area (Å²) in [6.45, 7) is 7.03. The van der Waals surface area contributed by atoms with Gasteiger partial charge in [0.1, 0.15) is 0 Å². The quantitative estimate of drug-likeness (QED) is 0.372. The van der Waals surface area contributed by atoms with Crippen LogP contribution in [0.3, 0.4) is 0 Å². The average molecular weight is 309 g/mol. The monoisotopic (exact) mass is 308 g/mol. The Hall–Kier alpha value is -0.0800. The lowest BCUT2D eigenvalue weighted by atomic mass is 9.89. The van der Waals surface area contributed by atoms with Crippen molar-refractivity contribution in [2.24, 2.45) is 11.3 Å². The third-order valence-corrected chi connectivity index (χ3v) is 5.52. The van der Waals surface area contributed by atoms with Gasteiger partial charge >= 0.3 is 0 Å². The Bertz CT molecular complexity index is 342. The van der Waals surface area contributed by atoms with Crippen molar-refractivity contribution >= 4 is 0 Å². The van der Waals surface area contributed by atoms with Crippen molar-refractivity contribution in [1.29, 1.82) is 0 Å². The number of hydrogen-bond acceptors (Lipinski definition) is 2. The number of rotatable bonds is 11. The minimum Gasteiger partial charge on any atom is -0.369 e. The van der Waals surface area contributed by atoms with Crippen LogP contribution in [0.1, 0.15) is 91.4 Å². The lowest BCUT2D eigenvalue weighted by Gasteiger charge is -2.17. The maximum atomic E-state index is 5.83. The van der Waals surface area contributed by atoms with E-state index in [0.29, 0.717) is 29.8 Å². The Morgan fingerprint density at radius 3 is 2.05 bits per heavy atom. The van der Waals surface area contributed by atoms with Crippen LogP contribution >= 0.6 is 0 Å². The van der Waals surface area contributed by atoms with Gasteiger partial charge in [-0.1, -0.05) is 65.7 Å². The topological polar surface area (TPSA) is 25.1 Å². The van der Waals surface area contributed by atoms with Gasteiger partial charge in [-0.05, 0) is 30.6 Å². The minimum atomic E-state index is 0.511. The van der Waals surface area contributed by atoms with Crippen LogP contribution in [0.25, 0.3) is 0 Å². The zero-order valence-corrected chi connectivity index (χ0v) is 15.0. The summed E-state index contributed by atoms with van der Waals surface area (Å²) in [5.41, 5.74) is 0.511. The summed E-state index contributed by atoms with van der Waals surface area (Å²) in [4.78, 5) is 0. The fourth-order valence-electron chi connectivity index (χ4n) is 3.68. The molecule has 2 heterocycles.